The van der Waals surface area contributed by atoms with Gasteiger partial charge in [0.15, 0.2) is 0 Å². The minimum absolute atomic E-state index is 0.0556. The van der Waals surface area contributed by atoms with Crippen molar-refractivity contribution in [2.45, 2.75) is 36.8 Å². The largest absolute Gasteiger partial charge is 0.390 e. The molecule has 1 saturated carbocycles. The lowest BCUT2D eigenvalue weighted by molar-refractivity contribution is 0.0454. The highest BCUT2D eigenvalue weighted by atomic mass is 32.2. The van der Waals surface area contributed by atoms with Gasteiger partial charge in [-0.25, -0.2) is 12.8 Å². The Labute approximate surface area is 71.5 Å². The molecule has 1 rings (SSSR count). The van der Waals surface area contributed by atoms with E-state index in [0.717, 1.165) is 6.26 Å². The van der Waals surface area contributed by atoms with Crippen LogP contribution in [0.2, 0.25) is 0 Å². The second-order valence-corrected chi connectivity index (χ2v) is 5.67. The van der Waals surface area contributed by atoms with Gasteiger partial charge < -0.3 is 5.11 Å². The number of halogens is 1. The molecule has 1 N–H and O–H groups in total. The maximum atomic E-state index is 12.8. The van der Waals surface area contributed by atoms with Crippen molar-refractivity contribution < 1.29 is 17.9 Å². The first-order valence-electron chi connectivity index (χ1n) is 3.92. The molecule has 3 nitrogen and oxygen atoms in total. The van der Waals surface area contributed by atoms with Crippen LogP contribution in [0.4, 0.5) is 4.39 Å². The second-order valence-electron chi connectivity index (χ2n) is 3.35. The maximum Gasteiger partial charge on any atom is 0.150 e. The van der Waals surface area contributed by atoms with E-state index in [1.54, 1.807) is 0 Å². The Hall–Kier alpha value is -0.160. The molecule has 1 fully saturated rings. The van der Waals surface area contributed by atoms with E-state index in [-0.39, 0.29) is 12.8 Å². The average Bonchev–Trinajstić information content (AvgIpc) is 1.92. The van der Waals surface area contributed by atoms with Crippen LogP contribution in [0, 0.1) is 0 Å². The Morgan fingerprint density at radius 1 is 1.42 bits per heavy atom. The van der Waals surface area contributed by atoms with Crippen LogP contribution in [-0.2, 0) is 9.84 Å². The van der Waals surface area contributed by atoms with E-state index in [9.17, 15) is 12.8 Å². The summed E-state index contributed by atoms with van der Waals surface area (Å²) in [4.78, 5) is 0. The molecule has 0 spiro atoms. The van der Waals surface area contributed by atoms with Crippen LogP contribution >= 0.6 is 0 Å². The third-order valence-corrected chi connectivity index (χ3v) is 3.93. The molecule has 1 aliphatic rings. The molecule has 12 heavy (non-hydrogen) atoms. The topological polar surface area (TPSA) is 54.4 Å². The summed E-state index contributed by atoms with van der Waals surface area (Å²) in [7, 11) is -3.13. The zero-order chi connectivity index (χ0) is 9.35. The lowest BCUT2D eigenvalue weighted by Gasteiger charge is -2.27. The number of sulfone groups is 1. The van der Waals surface area contributed by atoms with Crippen molar-refractivity contribution in [3.63, 3.8) is 0 Å². The molecule has 0 radical (unpaired) electrons. The number of aliphatic hydroxyl groups is 1. The third-order valence-electron chi connectivity index (χ3n) is 2.30. The second kappa shape index (κ2) is 3.30. The van der Waals surface area contributed by atoms with Gasteiger partial charge in [0.1, 0.15) is 16.0 Å². The number of alkyl halides is 1. The molecule has 0 amide bonds. The van der Waals surface area contributed by atoms with Crippen LogP contribution in [0.25, 0.3) is 0 Å². The van der Waals surface area contributed by atoms with E-state index < -0.39 is 27.4 Å². The van der Waals surface area contributed by atoms with Gasteiger partial charge in [0.05, 0.1) is 11.4 Å². The van der Waals surface area contributed by atoms with Crippen LogP contribution in [0.15, 0.2) is 0 Å². The molecule has 1 aliphatic carbocycles. The minimum atomic E-state index is -3.13. The molecular formula is C7H13FO3S. The molecule has 0 aromatic carbocycles. The molecule has 0 aromatic rings. The lowest BCUT2D eigenvalue weighted by atomic mass is 9.96. The Balaban J connectivity index is 2.64. The monoisotopic (exact) mass is 196 g/mol. The van der Waals surface area contributed by atoms with E-state index in [2.05, 4.69) is 0 Å². The Bertz CT molecular complexity index is 249. The van der Waals surface area contributed by atoms with Gasteiger partial charge in [-0.3, -0.25) is 0 Å². The van der Waals surface area contributed by atoms with Crippen molar-refractivity contribution in [1.29, 1.82) is 0 Å². The highest BCUT2D eigenvalue weighted by Crippen LogP contribution is 2.26. The molecular weight excluding hydrogens is 183 g/mol. The van der Waals surface area contributed by atoms with E-state index >= 15 is 0 Å². The van der Waals surface area contributed by atoms with Gasteiger partial charge in [0.2, 0.25) is 0 Å². The lowest BCUT2D eigenvalue weighted by Crippen LogP contribution is -2.36. The van der Waals surface area contributed by atoms with Crippen molar-refractivity contribution in [3.05, 3.63) is 0 Å². The van der Waals surface area contributed by atoms with Crippen LogP contribution in [0.1, 0.15) is 19.3 Å². The van der Waals surface area contributed by atoms with E-state index in [1.807, 2.05) is 0 Å². The van der Waals surface area contributed by atoms with E-state index in [1.165, 1.54) is 0 Å². The summed E-state index contributed by atoms with van der Waals surface area (Å²) in [6.45, 7) is 0. The Morgan fingerprint density at radius 3 is 2.42 bits per heavy atom. The standard InChI is InChI=1S/C7H13FO3S/c1-12(10,11)5-2-3-7(9)6(8)4-5/h5-7,9H,2-4H2,1H3. The van der Waals surface area contributed by atoms with Gasteiger partial charge in [-0.1, -0.05) is 0 Å². The van der Waals surface area contributed by atoms with E-state index in [4.69, 9.17) is 5.11 Å². The molecule has 0 saturated heterocycles. The summed E-state index contributed by atoms with van der Waals surface area (Å²) in [6.07, 6.45) is -0.664. The van der Waals surface area contributed by atoms with Crippen LogP contribution in [0.5, 0.6) is 0 Å². The zero-order valence-electron chi connectivity index (χ0n) is 6.90. The highest BCUT2D eigenvalue weighted by Gasteiger charge is 2.33. The Morgan fingerprint density at radius 2 is 2.00 bits per heavy atom. The molecule has 0 aromatic heterocycles. The van der Waals surface area contributed by atoms with Crippen molar-refractivity contribution in [2.24, 2.45) is 0 Å². The summed E-state index contributed by atoms with van der Waals surface area (Å²) >= 11 is 0. The minimum Gasteiger partial charge on any atom is -0.390 e. The van der Waals surface area contributed by atoms with Gasteiger partial charge in [0, 0.05) is 6.26 Å². The van der Waals surface area contributed by atoms with Gasteiger partial charge in [-0.2, -0.15) is 0 Å². The molecule has 72 valence electrons. The normalized spacial score (nSPS) is 38.1. The van der Waals surface area contributed by atoms with Crippen molar-refractivity contribution >= 4 is 9.84 Å². The third kappa shape index (κ3) is 2.17. The first-order valence-corrected chi connectivity index (χ1v) is 5.87. The fourth-order valence-electron chi connectivity index (χ4n) is 1.45. The van der Waals surface area contributed by atoms with Gasteiger partial charge >= 0.3 is 0 Å². The molecule has 3 atom stereocenters. The van der Waals surface area contributed by atoms with Crippen molar-refractivity contribution in [2.75, 3.05) is 6.26 Å². The summed E-state index contributed by atoms with van der Waals surface area (Å²) in [6, 6.07) is 0. The van der Waals surface area contributed by atoms with Crippen LogP contribution in [-0.4, -0.2) is 37.3 Å². The predicted octanol–water partition coefficient (Wildman–Crippen LogP) is 0.282. The number of aliphatic hydroxyl groups excluding tert-OH is 1. The molecule has 0 aliphatic heterocycles. The molecule has 3 unspecified atom stereocenters. The molecule has 5 heteroatoms. The smallest absolute Gasteiger partial charge is 0.150 e. The summed E-state index contributed by atoms with van der Waals surface area (Å²) < 4.78 is 34.8. The number of hydrogen-bond donors (Lipinski definition) is 1. The molecule has 0 heterocycles. The first kappa shape index (κ1) is 9.92. The highest BCUT2D eigenvalue weighted by molar-refractivity contribution is 7.91. The SMILES string of the molecule is CS(=O)(=O)C1CCC(O)C(F)C1. The zero-order valence-corrected chi connectivity index (χ0v) is 7.72. The van der Waals surface area contributed by atoms with E-state index in [0.29, 0.717) is 6.42 Å². The first-order chi connectivity index (χ1) is 5.41. The maximum absolute atomic E-state index is 12.8. The van der Waals surface area contributed by atoms with Gasteiger partial charge in [-0.05, 0) is 19.3 Å². The van der Waals surface area contributed by atoms with Crippen LogP contribution < -0.4 is 0 Å². The number of rotatable bonds is 1. The predicted molar refractivity (Wildman–Crippen MR) is 43.4 cm³/mol. The van der Waals surface area contributed by atoms with Crippen molar-refractivity contribution in [3.8, 4) is 0 Å². The fraction of sp³-hybridized carbons (Fsp3) is 1.00. The van der Waals surface area contributed by atoms with Crippen LogP contribution in [0.3, 0.4) is 0 Å². The summed E-state index contributed by atoms with van der Waals surface area (Å²) in [5.41, 5.74) is 0. The summed E-state index contributed by atoms with van der Waals surface area (Å²) in [5.74, 6) is 0. The van der Waals surface area contributed by atoms with Gasteiger partial charge in [-0.15, -0.1) is 0 Å². The quantitative estimate of drug-likeness (QED) is 0.655. The summed E-state index contributed by atoms with van der Waals surface area (Å²) in [5, 5.41) is 8.39. The van der Waals surface area contributed by atoms with Gasteiger partial charge in [0.25, 0.3) is 0 Å². The van der Waals surface area contributed by atoms with Crippen molar-refractivity contribution in [1.82, 2.24) is 0 Å². The Kier molecular flexibility index (Phi) is 2.73. The number of hydrogen-bond acceptors (Lipinski definition) is 3. The molecule has 0 bridgehead atoms. The fourth-order valence-corrected chi connectivity index (χ4v) is 2.55. The average molecular weight is 196 g/mol.